The van der Waals surface area contributed by atoms with Crippen molar-refractivity contribution in [1.29, 1.82) is 0 Å². The zero-order valence-electron chi connectivity index (χ0n) is 18.9. The molecule has 1 unspecified atom stereocenters. The quantitative estimate of drug-likeness (QED) is 0.452. The van der Waals surface area contributed by atoms with Crippen molar-refractivity contribution in [2.45, 2.75) is 35.3 Å². The molecule has 8 nitrogen and oxygen atoms in total. The number of sulfonamides is 2. The van der Waals surface area contributed by atoms with Gasteiger partial charge in [0, 0.05) is 6.54 Å². The van der Waals surface area contributed by atoms with Gasteiger partial charge in [0.1, 0.15) is 6.61 Å². The molecule has 10 heteroatoms. The van der Waals surface area contributed by atoms with Crippen LogP contribution in [0.2, 0.25) is 0 Å². The normalized spacial score (nSPS) is 16.4. The third-order valence-electron chi connectivity index (χ3n) is 5.79. The van der Waals surface area contributed by atoms with Crippen molar-refractivity contribution in [2.24, 2.45) is 0 Å². The first-order valence-electron chi connectivity index (χ1n) is 11.2. The fourth-order valence-corrected chi connectivity index (χ4v) is 7.74. The van der Waals surface area contributed by atoms with Crippen molar-refractivity contribution in [3.05, 3.63) is 96.6 Å². The number of amides is 1. The molecule has 0 saturated carbocycles. The number of benzene rings is 3. The monoisotopic (exact) mass is 514 g/mol. The first-order valence-corrected chi connectivity index (χ1v) is 14.0. The molecule has 3 aromatic carbocycles. The fraction of sp³-hybridized carbons (Fsp3) is 0.240. The fourth-order valence-electron chi connectivity index (χ4n) is 3.99. The Morgan fingerprint density at radius 1 is 0.800 bits per heavy atom. The second kappa shape index (κ2) is 10.6. The summed E-state index contributed by atoms with van der Waals surface area (Å²) in [6.07, 6.45) is 0.451. The predicted molar refractivity (Wildman–Crippen MR) is 130 cm³/mol. The van der Waals surface area contributed by atoms with Gasteiger partial charge in [-0.1, -0.05) is 70.4 Å². The average molecular weight is 515 g/mol. The molecular weight excluding hydrogens is 488 g/mol. The number of ether oxygens (including phenoxy) is 1. The van der Waals surface area contributed by atoms with Gasteiger partial charge in [0.15, 0.2) is 0 Å². The molecule has 1 atom stereocenters. The zero-order chi connectivity index (χ0) is 24.9. The number of nitrogens with zero attached hydrogens (tertiary/aromatic N) is 2. The van der Waals surface area contributed by atoms with Crippen LogP contribution >= 0.6 is 0 Å². The highest BCUT2D eigenvalue weighted by molar-refractivity contribution is 8.04. The third kappa shape index (κ3) is 5.55. The summed E-state index contributed by atoms with van der Waals surface area (Å²) in [6, 6.07) is 23.4. The summed E-state index contributed by atoms with van der Waals surface area (Å²) in [5, 5.41) is 0. The Bertz CT molecular complexity index is 1280. The van der Waals surface area contributed by atoms with Gasteiger partial charge in [-0.25, -0.2) is 21.6 Å². The minimum absolute atomic E-state index is 0.0667. The molecule has 184 valence electrons. The van der Waals surface area contributed by atoms with E-state index in [1.165, 1.54) is 53.4 Å². The maximum absolute atomic E-state index is 13.5. The van der Waals surface area contributed by atoms with E-state index in [1.54, 1.807) is 12.1 Å². The van der Waals surface area contributed by atoms with E-state index in [1.807, 2.05) is 30.3 Å². The van der Waals surface area contributed by atoms with Crippen molar-refractivity contribution >= 4 is 26.1 Å². The van der Waals surface area contributed by atoms with Crippen LogP contribution in [0, 0.1) is 0 Å². The Hall–Kier alpha value is -3.21. The molecule has 0 aliphatic carbocycles. The highest BCUT2D eigenvalue weighted by atomic mass is 32.3. The van der Waals surface area contributed by atoms with Crippen LogP contribution in [0.5, 0.6) is 0 Å². The summed E-state index contributed by atoms with van der Waals surface area (Å²) in [4.78, 5) is 14.0. The molecule has 1 fully saturated rings. The lowest BCUT2D eigenvalue weighted by atomic mass is 10.2. The maximum atomic E-state index is 13.5. The standard InChI is InChI=1S/C25H26N2O6S2/c28-25(33-20-21-11-4-1-5-12-21)26-18-10-13-22(26)19-27(34(29,30)23-14-6-2-7-15-23)35(31,32)24-16-8-3-9-17-24/h1-9,11-12,14-17,22H,10,13,18-20H2. The van der Waals surface area contributed by atoms with Crippen molar-refractivity contribution in [1.82, 2.24) is 8.61 Å². The Morgan fingerprint density at radius 3 is 1.80 bits per heavy atom. The highest BCUT2D eigenvalue weighted by Crippen LogP contribution is 2.28. The van der Waals surface area contributed by atoms with Crippen molar-refractivity contribution in [2.75, 3.05) is 13.1 Å². The largest absolute Gasteiger partial charge is 0.445 e. The van der Waals surface area contributed by atoms with E-state index in [-0.39, 0.29) is 16.4 Å². The molecule has 1 aliphatic rings. The number of hydrogen-bond acceptors (Lipinski definition) is 6. The summed E-state index contributed by atoms with van der Waals surface area (Å²) in [5.74, 6) is 0. The number of carbonyl (C=O) groups is 1. The first kappa shape index (κ1) is 24.9. The summed E-state index contributed by atoms with van der Waals surface area (Å²) < 4.78 is 60.1. The molecule has 0 spiro atoms. The SMILES string of the molecule is O=C(OCc1ccccc1)N1CCCC1CN(S(=O)(=O)c1ccccc1)S(=O)(=O)c1ccccc1. The van der Waals surface area contributed by atoms with Crippen molar-refractivity contribution in [3.63, 3.8) is 0 Å². The van der Waals surface area contributed by atoms with Gasteiger partial charge in [0.2, 0.25) is 0 Å². The van der Waals surface area contributed by atoms with Gasteiger partial charge in [0.25, 0.3) is 20.0 Å². The van der Waals surface area contributed by atoms with Gasteiger partial charge in [0.05, 0.1) is 22.4 Å². The predicted octanol–water partition coefficient (Wildman–Crippen LogP) is 3.87. The van der Waals surface area contributed by atoms with E-state index in [0.29, 0.717) is 23.1 Å². The first-order chi connectivity index (χ1) is 16.8. The second-order valence-electron chi connectivity index (χ2n) is 8.12. The lowest BCUT2D eigenvalue weighted by Gasteiger charge is -2.29. The van der Waals surface area contributed by atoms with Crippen LogP contribution in [-0.4, -0.2) is 50.7 Å². The van der Waals surface area contributed by atoms with Gasteiger partial charge in [-0.3, -0.25) is 0 Å². The molecule has 1 saturated heterocycles. The molecule has 0 radical (unpaired) electrons. The van der Waals surface area contributed by atoms with Crippen LogP contribution in [0.3, 0.4) is 0 Å². The molecule has 0 aromatic heterocycles. The van der Waals surface area contributed by atoms with E-state index >= 15 is 0 Å². The minimum atomic E-state index is -4.43. The van der Waals surface area contributed by atoms with Crippen LogP contribution in [0.1, 0.15) is 18.4 Å². The van der Waals surface area contributed by atoms with Crippen LogP contribution in [-0.2, 0) is 31.4 Å². The smallest absolute Gasteiger partial charge is 0.410 e. The third-order valence-corrected chi connectivity index (χ3v) is 10.1. The van der Waals surface area contributed by atoms with Crippen LogP contribution in [0.4, 0.5) is 4.79 Å². The molecule has 0 bridgehead atoms. The van der Waals surface area contributed by atoms with Gasteiger partial charge in [-0.05, 0) is 42.7 Å². The van der Waals surface area contributed by atoms with Gasteiger partial charge >= 0.3 is 6.09 Å². The van der Waals surface area contributed by atoms with Crippen LogP contribution in [0.15, 0.2) is 101 Å². The van der Waals surface area contributed by atoms with Crippen molar-refractivity contribution in [3.8, 4) is 0 Å². The number of carbonyl (C=O) groups excluding carboxylic acids is 1. The molecule has 1 aliphatic heterocycles. The van der Waals surface area contributed by atoms with Gasteiger partial charge < -0.3 is 9.64 Å². The lowest BCUT2D eigenvalue weighted by Crippen LogP contribution is -2.47. The maximum Gasteiger partial charge on any atom is 0.410 e. The number of likely N-dealkylation sites (tertiary alicyclic amines) is 1. The molecular formula is C25H26N2O6S2. The van der Waals surface area contributed by atoms with Crippen LogP contribution in [0.25, 0.3) is 0 Å². The van der Waals surface area contributed by atoms with E-state index in [9.17, 15) is 21.6 Å². The van der Waals surface area contributed by atoms with Gasteiger partial charge in [-0.15, -0.1) is 0 Å². The Labute approximate surface area is 205 Å². The molecule has 1 heterocycles. The minimum Gasteiger partial charge on any atom is -0.445 e. The van der Waals surface area contributed by atoms with E-state index in [0.717, 1.165) is 5.56 Å². The molecule has 0 N–H and O–H groups in total. The topological polar surface area (TPSA) is 101 Å². The summed E-state index contributed by atoms with van der Waals surface area (Å²) >= 11 is 0. The second-order valence-corrected chi connectivity index (χ2v) is 12.1. The van der Waals surface area contributed by atoms with Crippen molar-refractivity contribution < 1.29 is 26.4 Å². The van der Waals surface area contributed by atoms with E-state index in [4.69, 9.17) is 4.74 Å². The van der Waals surface area contributed by atoms with Crippen LogP contribution < -0.4 is 0 Å². The average Bonchev–Trinajstić information content (AvgIpc) is 3.36. The van der Waals surface area contributed by atoms with Gasteiger partial charge in [-0.2, -0.15) is 0 Å². The highest BCUT2D eigenvalue weighted by Gasteiger charge is 2.41. The Kier molecular flexibility index (Phi) is 7.54. The Balaban J connectivity index is 1.62. The lowest BCUT2D eigenvalue weighted by molar-refractivity contribution is 0.0908. The zero-order valence-corrected chi connectivity index (χ0v) is 20.6. The summed E-state index contributed by atoms with van der Waals surface area (Å²) in [6.45, 7) is 0.00896. The molecule has 1 amide bonds. The number of rotatable bonds is 8. The summed E-state index contributed by atoms with van der Waals surface area (Å²) in [5.41, 5.74) is 0.816. The molecule has 3 aromatic rings. The molecule has 35 heavy (non-hydrogen) atoms. The summed E-state index contributed by atoms with van der Waals surface area (Å²) in [7, 11) is -8.86. The molecule has 4 rings (SSSR count). The van der Waals surface area contributed by atoms with E-state index in [2.05, 4.69) is 0 Å². The number of hydrogen-bond donors (Lipinski definition) is 0. The van der Waals surface area contributed by atoms with E-state index < -0.39 is 38.7 Å². The Morgan fingerprint density at radius 2 is 1.29 bits per heavy atom.